The van der Waals surface area contributed by atoms with E-state index >= 15 is 0 Å². The first-order valence-corrected chi connectivity index (χ1v) is 7.05. The third-order valence-corrected chi connectivity index (χ3v) is 3.54. The van der Waals surface area contributed by atoms with E-state index in [1.807, 2.05) is 12.4 Å². The van der Waals surface area contributed by atoms with Crippen LogP contribution in [0.1, 0.15) is 0 Å². The number of hydrogen-bond donors (Lipinski definition) is 0. The molecule has 22 heavy (non-hydrogen) atoms. The topological polar surface area (TPSA) is 22.8 Å². The molecule has 0 bridgehead atoms. The fourth-order valence-electron chi connectivity index (χ4n) is 2.53. The van der Waals surface area contributed by atoms with Crippen LogP contribution in [0.25, 0.3) is 34.2 Å². The van der Waals surface area contributed by atoms with Crippen LogP contribution in [0.5, 0.6) is 0 Å². The summed E-state index contributed by atoms with van der Waals surface area (Å²) in [7, 11) is 0. The molecule has 0 aliphatic carbocycles. The van der Waals surface area contributed by atoms with E-state index in [1.54, 1.807) is 23.3 Å². The predicted molar refractivity (Wildman–Crippen MR) is 94.4 cm³/mol. The van der Waals surface area contributed by atoms with Gasteiger partial charge in [0.05, 0.1) is 17.4 Å². The molecule has 0 unspecified atom stereocenters. The lowest BCUT2D eigenvalue weighted by Crippen LogP contribution is -1.82. The highest BCUT2D eigenvalue weighted by Crippen LogP contribution is 2.28. The number of nitrogens with zero attached hydrogens (tertiary/aromatic N) is 3. The first-order valence-electron chi connectivity index (χ1n) is 7.05. The van der Waals surface area contributed by atoms with Gasteiger partial charge in [-0.25, -0.2) is 4.98 Å². The van der Waals surface area contributed by atoms with E-state index in [4.69, 9.17) is 0 Å². The second kappa shape index (κ2) is 6.14. The summed E-state index contributed by atoms with van der Waals surface area (Å²) >= 11 is 0. The Labute approximate surface area is 129 Å². The third kappa shape index (κ3) is 2.44. The first kappa shape index (κ1) is 13.9. The van der Waals surface area contributed by atoms with Gasteiger partial charge in [-0.2, -0.15) is 0 Å². The van der Waals surface area contributed by atoms with Crippen LogP contribution in [0.15, 0.2) is 80.4 Å². The molecule has 3 nitrogen and oxygen atoms in total. The maximum Gasteiger partial charge on any atom is 0.0986 e. The average molecular weight is 287 g/mol. The van der Waals surface area contributed by atoms with E-state index < -0.39 is 0 Å². The second-order valence-electron chi connectivity index (χ2n) is 4.78. The molecule has 3 heteroatoms. The molecule has 0 saturated heterocycles. The van der Waals surface area contributed by atoms with Gasteiger partial charge in [-0.1, -0.05) is 49.6 Å². The summed E-state index contributed by atoms with van der Waals surface area (Å²) < 4.78 is 3.91. The minimum Gasteiger partial charge on any atom is -0.317 e. The van der Waals surface area contributed by atoms with Crippen molar-refractivity contribution in [3.05, 3.63) is 80.4 Å². The largest absolute Gasteiger partial charge is 0.317 e. The SMILES string of the molecule is C=Cn1c2ccccc2c2ccccc21.C=Cn1ccnc1. The summed E-state index contributed by atoms with van der Waals surface area (Å²) in [6.07, 6.45) is 8.78. The molecular weight excluding hydrogens is 270 g/mol. The molecule has 2 aromatic carbocycles. The molecule has 2 heterocycles. The summed E-state index contributed by atoms with van der Waals surface area (Å²) in [5.74, 6) is 0. The number of imidazole rings is 1. The Bertz CT molecular complexity index is 861. The van der Waals surface area contributed by atoms with Gasteiger partial charge in [0.25, 0.3) is 0 Å². The van der Waals surface area contributed by atoms with Gasteiger partial charge in [0.1, 0.15) is 0 Å². The van der Waals surface area contributed by atoms with Gasteiger partial charge in [-0.15, -0.1) is 0 Å². The number of hydrogen-bond acceptors (Lipinski definition) is 1. The third-order valence-electron chi connectivity index (χ3n) is 3.54. The lowest BCUT2D eigenvalue weighted by molar-refractivity contribution is 1.14. The Balaban J connectivity index is 0.000000174. The molecule has 2 aromatic heterocycles. The van der Waals surface area contributed by atoms with Crippen LogP contribution >= 0.6 is 0 Å². The van der Waals surface area contributed by atoms with Crippen molar-refractivity contribution in [3.63, 3.8) is 0 Å². The fourth-order valence-corrected chi connectivity index (χ4v) is 2.53. The van der Waals surface area contributed by atoms with Crippen LogP contribution in [0.3, 0.4) is 0 Å². The van der Waals surface area contributed by atoms with Crippen molar-refractivity contribution in [2.24, 2.45) is 0 Å². The molecule has 0 amide bonds. The smallest absolute Gasteiger partial charge is 0.0986 e. The first-order chi connectivity index (χ1) is 10.8. The highest BCUT2D eigenvalue weighted by molar-refractivity contribution is 6.09. The maximum absolute atomic E-state index is 3.87. The van der Waals surface area contributed by atoms with Gasteiger partial charge < -0.3 is 9.13 Å². The lowest BCUT2D eigenvalue weighted by Gasteiger charge is -1.97. The predicted octanol–water partition coefficient (Wildman–Crippen LogP) is 4.88. The van der Waals surface area contributed by atoms with Gasteiger partial charge in [0.2, 0.25) is 0 Å². The van der Waals surface area contributed by atoms with Crippen molar-refractivity contribution < 1.29 is 0 Å². The zero-order valence-corrected chi connectivity index (χ0v) is 12.3. The Morgan fingerprint density at radius 1 is 0.818 bits per heavy atom. The van der Waals surface area contributed by atoms with Gasteiger partial charge >= 0.3 is 0 Å². The molecule has 0 radical (unpaired) electrons. The minimum atomic E-state index is 1.22. The van der Waals surface area contributed by atoms with Crippen LogP contribution < -0.4 is 0 Å². The lowest BCUT2D eigenvalue weighted by atomic mass is 10.2. The monoisotopic (exact) mass is 287 g/mol. The molecule has 0 aliphatic heterocycles. The van der Waals surface area contributed by atoms with E-state index in [1.165, 1.54) is 21.8 Å². The van der Waals surface area contributed by atoms with Crippen molar-refractivity contribution in [2.75, 3.05) is 0 Å². The van der Waals surface area contributed by atoms with Crippen LogP contribution in [0.4, 0.5) is 0 Å². The Morgan fingerprint density at radius 3 is 1.82 bits per heavy atom. The zero-order chi connectivity index (χ0) is 15.4. The summed E-state index contributed by atoms with van der Waals surface area (Å²) in [6.45, 7) is 7.39. The van der Waals surface area contributed by atoms with E-state index in [0.717, 1.165) is 0 Å². The van der Waals surface area contributed by atoms with Gasteiger partial charge in [-0.3, -0.25) is 0 Å². The standard InChI is InChI=1S/C14H11N.C5H6N2/c1-2-15-13-9-5-3-7-11(13)12-8-4-6-10-14(12)15;1-2-7-4-3-6-5-7/h2-10H,1H2;2-5H,1H2. The maximum atomic E-state index is 3.87. The molecule has 4 aromatic rings. The van der Waals surface area contributed by atoms with Crippen molar-refractivity contribution in [1.82, 2.24) is 14.1 Å². The molecule has 0 N–H and O–H groups in total. The van der Waals surface area contributed by atoms with Gasteiger partial charge in [0.15, 0.2) is 0 Å². The van der Waals surface area contributed by atoms with Crippen molar-refractivity contribution in [1.29, 1.82) is 0 Å². The highest BCUT2D eigenvalue weighted by atomic mass is 15.0. The molecule has 0 saturated carbocycles. The van der Waals surface area contributed by atoms with Crippen molar-refractivity contribution >= 4 is 34.2 Å². The van der Waals surface area contributed by atoms with Crippen LogP contribution in [-0.4, -0.2) is 14.1 Å². The normalized spacial score (nSPS) is 10.2. The molecule has 0 spiro atoms. The molecule has 0 fully saturated rings. The second-order valence-corrected chi connectivity index (χ2v) is 4.78. The van der Waals surface area contributed by atoms with Crippen LogP contribution in [-0.2, 0) is 0 Å². The Hall–Kier alpha value is -3.07. The quantitative estimate of drug-likeness (QED) is 0.515. The van der Waals surface area contributed by atoms with E-state index in [0.29, 0.717) is 0 Å². The average Bonchev–Trinajstić information content (AvgIpc) is 3.21. The molecular formula is C19H17N3. The Morgan fingerprint density at radius 2 is 1.41 bits per heavy atom. The molecule has 0 aliphatic rings. The van der Waals surface area contributed by atoms with Crippen LogP contribution in [0, 0.1) is 0 Å². The van der Waals surface area contributed by atoms with E-state index in [2.05, 4.69) is 71.2 Å². The zero-order valence-electron chi connectivity index (χ0n) is 12.3. The number of rotatable bonds is 2. The fraction of sp³-hybridized carbons (Fsp3) is 0. The number of fused-ring (bicyclic) bond motifs is 3. The molecule has 4 rings (SSSR count). The summed E-state index contributed by atoms with van der Waals surface area (Å²) in [5.41, 5.74) is 2.43. The summed E-state index contributed by atoms with van der Waals surface area (Å²) in [6, 6.07) is 16.8. The van der Waals surface area contributed by atoms with Gasteiger partial charge in [0, 0.05) is 35.6 Å². The number of para-hydroxylation sites is 2. The van der Waals surface area contributed by atoms with E-state index in [-0.39, 0.29) is 0 Å². The summed E-state index contributed by atoms with van der Waals surface area (Å²) in [4.78, 5) is 3.78. The van der Waals surface area contributed by atoms with Gasteiger partial charge in [-0.05, 0) is 12.1 Å². The highest BCUT2D eigenvalue weighted by Gasteiger charge is 2.06. The van der Waals surface area contributed by atoms with Crippen molar-refractivity contribution in [2.45, 2.75) is 0 Å². The summed E-state index contributed by atoms with van der Waals surface area (Å²) in [5, 5.41) is 2.57. The Kier molecular flexibility index (Phi) is 3.88. The van der Waals surface area contributed by atoms with Crippen LogP contribution in [0.2, 0.25) is 0 Å². The number of benzene rings is 2. The minimum absolute atomic E-state index is 1.22. The van der Waals surface area contributed by atoms with E-state index in [9.17, 15) is 0 Å². The molecule has 0 atom stereocenters. The number of aromatic nitrogens is 3. The molecule has 108 valence electrons. The van der Waals surface area contributed by atoms with Crippen molar-refractivity contribution in [3.8, 4) is 0 Å².